The summed E-state index contributed by atoms with van der Waals surface area (Å²) in [6.07, 6.45) is 7.11. The molecule has 1 unspecified atom stereocenters. The molecule has 0 aromatic heterocycles. The molecule has 2 N–H and O–H groups in total. The van der Waals surface area contributed by atoms with Gasteiger partial charge in [0.1, 0.15) is 0 Å². The molecule has 1 aliphatic rings. The summed E-state index contributed by atoms with van der Waals surface area (Å²) in [5.74, 6) is 0.424. The number of hydrogen-bond donors (Lipinski definition) is 1. The van der Waals surface area contributed by atoms with Gasteiger partial charge in [0.2, 0.25) is 11.8 Å². The van der Waals surface area contributed by atoms with E-state index in [4.69, 9.17) is 5.73 Å². The molecule has 1 fully saturated rings. The molecule has 0 saturated heterocycles. The van der Waals surface area contributed by atoms with Gasteiger partial charge in [-0.3, -0.25) is 9.59 Å². The van der Waals surface area contributed by atoms with Crippen molar-refractivity contribution in [3.63, 3.8) is 0 Å². The summed E-state index contributed by atoms with van der Waals surface area (Å²) in [5, 5.41) is 0. The molecule has 1 saturated carbocycles. The normalized spacial score (nSPS) is 17.3. The van der Waals surface area contributed by atoms with E-state index < -0.39 is 0 Å². The van der Waals surface area contributed by atoms with Crippen molar-refractivity contribution in [3.05, 3.63) is 0 Å². The molecule has 122 valence electrons. The van der Waals surface area contributed by atoms with Crippen LogP contribution < -0.4 is 5.73 Å². The third kappa shape index (κ3) is 6.04. The first-order valence-electron chi connectivity index (χ1n) is 8.15. The maximum absolute atomic E-state index is 12.3. The van der Waals surface area contributed by atoms with Crippen LogP contribution in [0.25, 0.3) is 0 Å². The Morgan fingerprint density at radius 1 is 1.14 bits per heavy atom. The van der Waals surface area contributed by atoms with Crippen molar-refractivity contribution < 1.29 is 9.59 Å². The van der Waals surface area contributed by atoms with Crippen LogP contribution in [0.5, 0.6) is 0 Å². The highest BCUT2D eigenvalue weighted by molar-refractivity contribution is 5.84. The Balaban J connectivity index is 2.36. The largest absolute Gasteiger partial charge is 0.341 e. The number of carbonyl (C=O) groups is 2. The number of nitrogens with zero attached hydrogens (tertiary/aromatic N) is 2. The standard InChI is InChI=1S/C16H31N3O2/c1-13(11-17)9-10-15(20)18(2)12-16(21)19(3)14-7-5-4-6-8-14/h13-14H,4-12,17H2,1-3H3. The Labute approximate surface area is 128 Å². The second-order valence-electron chi connectivity index (χ2n) is 6.43. The molecule has 0 aromatic rings. The minimum absolute atomic E-state index is 0.0284. The predicted molar refractivity (Wildman–Crippen MR) is 84.7 cm³/mol. The Morgan fingerprint density at radius 3 is 2.33 bits per heavy atom. The minimum Gasteiger partial charge on any atom is -0.341 e. The van der Waals surface area contributed by atoms with Crippen LogP contribution in [0.15, 0.2) is 0 Å². The van der Waals surface area contributed by atoms with Crippen molar-refractivity contribution in [1.29, 1.82) is 0 Å². The van der Waals surface area contributed by atoms with Gasteiger partial charge in [-0.25, -0.2) is 0 Å². The lowest BCUT2D eigenvalue weighted by Crippen LogP contribution is -2.44. The summed E-state index contributed by atoms with van der Waals surface area (Å²) >= 11 is 0. The zero-order valence-electron chi connectivity index (χ0n) is 13.8. The van der Waals surface area contributed by atoms with Gasteiger partial charge in [-0.2, -0.15) is 0 Å². The molecule has 1 aliphatic carbocycles. The van der Waals surface area contributed by atoms with Gasteiger partial charge in [0.05, 0.1) is 6.54 Å². The number of carbonyl (C=O) groups excluding carboxylic acids is 2. The van der Waals surface area contributed by atoms with Crippen LogP contribution in [-0.2, 0) is 9.59 Å². The van der Waals surface area contributed by atoms with Gasteiger partial charge in [-0.1, -0.05) is 26.2 Å². The number of rotatable bonds is 7. The molecule has 5 nitrogen and oxygen atoms in total. The summed E-state index contributed by atoms with van der Waals surface area (Å²) in [4.78, 5) is 27.7. The molecule has 0 radical (unpaired) electrons. The van der Waals surface area contributed by atoms with Crippen LogP contribution in [0.1, 0.15) is 51.9 Å². The van der Waals surface area contributed by atoms with Gasteiger partial charge >= 0.3 is 0 Å². The Bertz CT molecular complexity index is 340. The zero-order chi connectivity index (χ0) is 15.8. The van der Waals surface area contributed by atoms with Crippen molar-refractivity contribution in [3.8, 4) is 0 Å². The molecule has 2 amide bonds. The first-order valence-corrected chi connectivity index (χ1v) is 8.15. The Kier molecular flexibility index (Phi) is 7.72. The molecule has 0 aromatic carbocycles. The van der Waals surface area contributed by atoms with Gasteiger partial charge < -0.3 is 15.5 Å². The van der Waals surface area contributed by atoms with E-state index in [1.807, 2.05) is 18.9 Å². The van der Waals surface area contributed by atoms with Gasteiger partial charge in [0.15, 0.2) is 0 Å². The van der Waals surface area contributed by atoms with E-state index in [9.17, 15) is 9.59 Å². The molecule has 0 spiro atoms. The van der Waals surface area contributed by atoms with Crippen molar-refractivity contribution in [2.24, 2.45) is 11.7 Å². The number of hydrogen-bond acceptors (Lipinski definition) is 3. The Hall–Kier alpha value is -1.10. The van der Waals surface area contributed by atoms with Gasteiger partial charge in [-0.15, -0.1) is 0 Å². The maximum atomic E-state index is 12.3. The summed E-state index contributed by atoms with van der Waals surface area (Å²) in [5.41, 5.74) is 5.55. The van der Waals surface area contributed by atoms with E-state index >= 15 is 0 Å². The third-order valence-corrected chi connectivity index (χ3v) is 4.57. The number of amides is 2. The fourth-order valence-electron chi connectivity index (χ4n) is 2.75. The second kappa shape index (κ2) is 9.03. The highest BCUT2D eigenvalue weighted by atomic mass is 16.2. The summed E-state index contributed by atoms with van der Waals surface area (Å²) in [6.45, 7) is 2.82. The molecule has 1 atom stereocenters. The first kappa shape index (κ1) is 18.0. The minimum atomic E-state index is 0.0284. The van der Waals surface area contributed by atoms with E-state index in [2.05, 4.69) is 0 Å². The lowest BCUT2D eigenvalue weighted by atomic mass is 9.94. The zero-order valence-corrected chi connectivity index (χ0v) is 13.8. The average Bonchev–Trinajstić information content (AvgIpc) is 2.51. The molecule has 0 aliphatic heterocycles. The summed E-state index contributed by atoms with van der Waals surface area (Å²) in [6, 6.07) is 0.354. The molecule has 0 bridgehead atoms. The first-order chi connectivity index (χ1) is 9.95. The topological polar surface area (TPSA) is 66.6 Å². The average molecular weight is 297 g/mol. The summed E-state index contributed by atoms with van der Waals surface area (Å²) in [7, 11) is 3.58. The van der Waals surface area contributed by atoms with E-state index in [1.165, 1.54) is 19.3 Å². The quantitative estimate of drug-likeness (QED) is 0.776. The van der Waals surface area contributed by atoms with Crippen LogP contribution in [-0.4, -0.2) is 54.8 Å². The van der Waals surface area contributed by atoms with E-state index in [-0.39, 0.29) is 18.4 Å². The van der Waals surface area contributed by atoms with E-state index in [1.54, 1.807) is 11.9 Å². The molecule has 21 heavy (non-hydrogen) atoms. The lowest BCUT2D eigenvalue weighted by Gasteiger charge is -2.32. The van der Waals surface area contributed by atoms with Gasteiger partial charge in [0, 0.05) is 26.6 Å². The molecule has 5 heteroatoms. The van der Waals surface area contributed by atoms with Crippen LogP contribution in [0, 0.1) is 5.92 Å². The third-order valence-electron chi connectivity index (χ3n) is 4.57. The molecular weight excluding hydrogens is 266 g/mol. The van der Waals surface area contributed by atoms with Gasteiger partial charge in [-0.05, 0) is 31.7 Å². The second-order valence-corrected chi connectivity index (χ2v) is 6.43. The van der Waals surface area contributed by atoms with Gasteiger partial charge in [0.25, 0.3) is 0 Å². The fraction of sp³-hybridized carbons (Fsp3) is 0.875. The van der Waals surface area contributed by atoms with Crippen LogP contribution >= 0.6 is 0 Å². The molecule has 1 rings (SSSR count). The van der Waals surface area contributed by atoms with Crippen molar-refractivity contribution in [2.75, 3.05) is 27.2 Å². The van der Waals surface area contributed by atoms with Crippen LogP contribution in [0.4, 0.5) is 0 Å². The maximum Gasteiger partial charge on any atom is 0.242 e. The van der Waals surface area contributed by atoms with E-state index in [0.29, 0.717) is 24.9 Å². The fourth-order valence-corrected chi connectivity index (χ4v) is 2.75. The highest BCUT2D eigenvalue weighted by Gasteiger charge is 2.23. The molecular formula is C16H31N3O2. The number of nitrogens with two attached hydrogens (primary N) is 1. The predicted octanol–water partition coefficient (Wildman–Crippen LogP) is 1.61. The van der Waals surface area contributed by atoms with Crippen molar-refractivity contribution in [1.82, 2.24) is 9.80 Å². The SMILES string of the molecule is CC(CN)CCC(=O)N(C)CC(=O)N(C)C1CCCCC1. The number of likely N-dealkylation sites (N-methyl/N-ethyl adjacent to an activating group) is 2. The van der Waals surface area contributed by atoms with Crippen molar-refractivity contribution in [2.45, 2.75) is 57.9 Å². The molecule has 0 heterocycles. The Morgan fingerprint density at radius 2 is 1.76 bits per heavy atom. The van der Waals surface area contributed by atoms with Crippen molar-refractivity contribution >= 4 is 11.8 Å². The lowest BCUT2D eigenvalue weighted by molar-refractivity contribution is -0.140. The smallest absolute Gasteiger partial charge is 0.242 e. The summed E-state index contributed by atoms with van der Waals surface area (Å²) < 4.78 is 0. The highest BCUT2D eigenvalue weighted by Crippen LogP contribution is 2.21. The van der Waals surface area contributed by atoms with Crippen LogP contribution in [0.2, 0.25) is 0 Å². The van der Waals surface area contributed by atoms with E-state index in [0.717, 1.165) is 19.3 Å². The monoisotopic (exact) mass is 297 g/mol. The van der Waals surface area contributed by atoms with Crippen LogP contribution in [0.3, 0.4) is 0 Å².